The maximum absolute atomic E-state index is 14.0. The zero-order valence-electron chi connectivity index (χ0n) is 15.8. The van der Waals surface area contributed by atoms with Gasteiger partial charge in [-0.15, -0.1) is 0 Å². The summed E-state index contributed by atoms with van der Waals surface area (Å²) < 4.78 is 16.1. The fourth-order valence-corrected chi connectivity index (χ4v) is 3.52. The lowest BCUT2D eigenvalue weighted by Gasteiger charge is -2.11. The van der Waals surface area contributed by atoms with Gasteiger partial charge in [0.25, 0.3) is 5.91 Å². The van der Waals surface area contributed by atoms with E-state index in [1.54, 1.807) is 0 Å². The Hall–Kier alpha value is -3.18. The smallest absolute Gasteiger partial charge is 0.256 e. The summed E-state index contributed by atoms with van der Waals surface area (Å²) in [6.45, 7) is 2.82. The van der Waals surface area contributed by atoms with Crippen LogP contribution in [0.5, 0.6) is 0 Å². The van der Waals surface area contributed by atoms with Crippen LogP contribution in [0.1, 0.15) is 27.3 Å². The quantitative estimate of drug-likeness (QED) is 0.499. The highest BCUT2D eigenvalue weighted by molar-refractivity contribution is 6.33. The number of amides is 1. The number of fused-ring (bicyclic) bond motifs is 1. The van der Waals surface area contributed by atoms with E-state index in [4.69, 9.17) is 11.6 Å². The van der Waals surface area contributed by atoms with Gasteiger partial charge in [0, 0.05) is 6.54 Å². The van der Waals surface area contributed by atoms with Crippen molar-refractivity contribution in [3.63, 3.8) is 0 Å². The average Bonchev–Trinajstić information content (AvgIpc) is 3.05. The van der Waals surface area contributed by atoms with Crippen LogP contribution in [-0.4, -0.2) is 15.5 Å². The Bertz CT molecular complexity index is 1160. The number of imidazole rings is 1. The van der Waals surface area contributed by atoms with Crippen molar-refractivity contribution in [1.29, 1.82) is 0 Å². The van der Waals surface area contributed by atoms with E-state index in [1.165, 1.54) is 23.8 Å². The molecule has 4 rings (SSSR count). The number of nitrogens with zero attached hydrogens (tertiary/aromatic N) is 2. The summed E-state index contributed by atoms with van der Waals surface area (Å²) in [6, 6.07) is 20.3. The summed E-state index contributed by atoms with van der Waals surface area (Å²) in [6.07, 6.45) is 0. The van der Waals surface area contributed by atoms with E-state index in [9.17, 15) is 9.18 Å². The number of hydrogen-bond acceptors (Lipinski definition) is 2. The first-order valence-corrected chi connectivity index (χ1v) is 9.62. The second-order valence-corrected chi connectivity index (χ2v) is 7.28. The molecule has 0 aliphatic carbocycles. The van der Waals surface area contributed by atoms with E-state index >= 15 is 0 Å². The van der Waals surface area contributed by atoms with Crippen molar-refractivity contribution >= 4 is 28.5 Å². The van der Waals surface area contributed by atoms with Gasteiger partial charge in [-0.25, -0.2) is 9.37 Å². The van der Waals surface area contributed by atoms with Crippen molar-refractivity contribution in [2.24, 2.45) is 0 Å². The van der Waals surface area contributed by atoms with Crippen molar-refractivity contribution in [3.8, 4) is 0 Å². The third-order valence-electron chi connectivity index (χ3n) is 4.79. The van der Waals surface area contributed by atoms with E-state index in [0.717, 1.165) is 16.6 Å². The van der Waals surface area contributed by atoms with Gasteiger partial charge in [-0.05, 0) is 36.8 Å². The fraction of sp³-hybridized carbons (Fsp3) is 0.130. The molecule has 1 heterocycles. The Morgan fingerprint density at radius 2 is 1.83 bits per heavy atom. The van der Waals surface area contributed by atoms with Crippen LogP contribution in [0, 0.1) is 12.7 Å². The minimum atomic E-state index is -0.650. The molecule has 146 valence electrons. The van der Waals surface area contributed by atoms with Gasteiger partial charge < -0.3 is 9.88 Å². The van der Waals surface area contributed by atoms with Crippen LogP contribution in [-0.2, 0) is 13.1 Å². The van der Waals surface area contributed by atoms with Crippen LogP contribution < -0.4 is 5.32 Å². The second-order valence-electron chi connectivity index (χ2n) is 6.87. The van der Waals surface area contributed by atoms with Gasteiger partial charge in [0.2, 0.25) is 0 Å². The molecule has 0 fully saturated rings. The van der Waals surface area contributed by atoms with E-state index < -0.39 is 11.7 Å². The Morgan fingerprint density at radius 1 is 1.07 bits per heavy atom. The first kappa shape index (κ1) is 19.2. The van der Waals surface area contributed by atoms with Crippen molar-refractivity contribution in [1.82, 2.24) is 14.9 Å². The summed E-state index contributed by atoms with van der Waals surface area (Å²) in [5, 5.41) is 2.83. The molecule has 0 spiro atoms. The monoisotopic (exact) mass is 407 g/mol. The molecule has 0 saturated carbocycles. The minimum Gasteiger partial charge on any atom is -0.345 e. The minimum absolute atomic E-state index is 0.0793. The van der Waals surface area contributed by atoms with Crippen LogP contribution >= 0.6 is 11.6 Å². The van der Waals surface area contributed by atoms with Crippen LogP contribution in [0.25, 0.3) is 11.0 Å². The zero-order valence-corrected chi connectivity index (χ0v) is 16.6. The van der Waals surface area contributed by atoms with Crippen molar-refractivity contribution in [3.05, 3.63) is 100 Å². The normalized spacial score (nSPS) is 11.0. The molecule has 0 aliphatic heterocycles. The van der Waals surface area contributed by atoms with Gasteiger partial charge in [0.05, 0.1) is 28.2 Å². The number of benzene rings is 3. The summed E-state index contributed by atoms with van der Waals surface area (Å²) in [5.74, 6) is -0.530. The van der Waals surface area contributed by atoms with E-state index in [1.807, 2.05) is 31.2 Å². The highest BCUT2D eigenvalue weighted by atomic mass is 35.5. The molecule has 0 saturated heterocycles. The maximum atomic E-state index is 14.0. The first-order chi connectivity index (χ1) is 14.0. The number of nitrogens with one attached hydrogen (secondary N) is 1. The highest BCUT2D eigenvalue weighted by Gasteiger charge is 2.17. The zero-order chi connectivity index (χ0) is 20.4. The van der Waals surface area contributed by atoms with Crippen molar-refractivity contribution < 1.29 is 9.18 Å². The lowest BCUT2D eigenvalue weighted by atomic mass is 10.1. The summed E-state index contributed by atoms with van der Waals surface area (Å²) >= 11 is 6.00. The standard InChI is InChI=1S/C23H19ClFN3O/c1-15-9-11-16(12-10-15)14-28-20-8-3-2-7-19(20)27-21(28)13-26-23(29)22-17(24)5-4-6-18(22)25/h2-12H,13-14H2,1H3,(H,26,29). The van der Waals surface area contributed by atoms with Crippen LogP contribution in [0.3, 0.4) is 0 Å². The number of rotatable bonds is 5. The topological polar surface area (TPSA) is 46.9 Å². The number of para-hydroxylation sites is 2. The molecule has 6 heteroatoms. The molecule has 1 amide bonds. The molecule has 4 nitrogen and oxygen atoms in total. The first-order valence-electron chi connectivity index (χ1n) is 9.25. The Morgan fingerprint density at radius 3 is 2.59 bits per heavy atom. The fourth-order valence-electron chi connectivity index (χ4n) is 3.28. The molecule has 0 unspecified atom stereocenters. The molecule has 0 atom stereocenters. The number of aromatic nitrogens is 2. The van der Waals surface area contributed by atoms with Crippen molar-refractivity contribution in [2.45, 2.75) is 20.0 Å². The van der Waals surface area contributed by atoms with Gasteiger partial charge in [0.15, 0.2) is 0 Å². The lowest BCUT2D eigenvalue weighted by molar-refractivity contribution is 0.0945. The number of hydrogen-bond donors (Lipinski definition) is 1. The van der Waals surface area contributed by atoms with Gasteiger partial charge >= 0.3 is 0 Å². The van der Waals surface area contributed by atoms with E-state index in [0.29, 0.717) is 12.4 Å². The van der Waals surface area contributed by atoms with Crippen LogP contribution in [0.4, 0.5) is 4.39 Å². The van der Waals surface area contributed by atoms with Gasteiger partial charge in [-0.2, -0.15) is 0 Å². The third kappa shape index (κ3) is 4.00. The SMILES string of the molecule is Cc1ccc(Cn2c(CNC(=O)c3c(F)cccc3Cl)nc3ccccc32)cc1. The molecule has 4 aromatic rings. The van der Waals surface area contributed by atoms with E-state index in [2.05, 4.69) is 39.1 Å². The lowest BCUT2D eigenvalue weighted by Crippen LogP contribution is -2.26. The maximum Gasteiger partial charge on any atom is 0.256 e. The molecule has 1 aromatic heterocycles. The Balaban J connectivity index is 1.63. The van der Waals surface area contributed by atoms with Gasteiger partial charge in [0.1, 0.15) is 11.6 Å². The molecule has 0 aliphatic rings. The Labute approximate surface area is 173 Å². The van der Waals surface area contributed by atoms with Crippen LogP contribution in [0.2, 0.25) is 5.02 Å². The van der Waals surface area contributed by atoms with Crippen LogP contribution in [0.15, 0.2) is 66.7 Å². The molecule has 29 heavy (non-hydrogen) atoms. The van der Waals surface area contributed by atoms with E-state index in [-0.39, 0.29) is 17.1 Å². The van der Waals surface area contributed by atoms with Gasteiger partial charge in [-0.1, -0.05) is 59.6 Å². The molecule has 0 radical (unpaired) electrons. The summed E-state index contributed by atoms with van der Waals surface area (Å²) in [5.41, 5.74) is 3.98. The van der Waals surface area contributed by atoms with Gasteiger partial charge in [-0.3, -0.25) is 4.79 Å². The number of halogens is 2. The third-order valence-corrected chi connectivity index (χ3v) is 5.11. The molecule has 0 bridgehead atoms. The second kappa shape index (κ2) is 8.05. The van der Waals surface area contributed by atoms with Crippen molar-refractivity contribution in [2.75, 3.05) is 0 Å². The highest BCUT2D eigenvalue weighted by Crippen LogP contribution is 2.20. The molecule has 3 aromatic carbocycles. The predicted molar refractivity (Wildman–Crippen MR) is 113 cm³/mol. The number of carbonyl (C=O) groups excluding carboxylic acids is 1. The summed E-state index contributed by atoms with van der Waals surface area (Å²) in [7, 11) is 0. The Kier molecular flexibility index (Phi) is 5.32. The predicted octanol–water partition coefficient (Wildman–Crippen LogP) is 5.12. The molecular formula is C23H19ClFN3O. The largest absolute Gasteiger partial charge is 0.345 e. The molecule has 1 N–H and O–H groups in total. The number of aryl methyl sites for hydroxylation is 1. The average molecular weight is 408 g/mol. The summed E-state index contributed by atoms with van der Waals surface area (Å²) in [4.78, 5) is 17.2. The molecular weight excluding hydrogens is 389 g/mol. The number of carbonyl (C=O) groups is 1.